The Balaban J connectivity index is 2.71. The number of aryl methyl sites for hydroxylation is 1. The molecule has 0 spiro atoms. The molecule has 0 bridgehead atoms. The Kier molecular flexibility index (Phi) is 5.78. The predicted octanol–water partition coefficient (Wildman–Crippen LogP) is 1.84. The fourth-order valence-electron chi connectivity index (χ4n) is 1.64. The summed E-state index contributed by atoms with van der Waals surface area (Å²) >= 11 is 3.39. The molecule has 0 radical (unpaired) electrons. The summed E-state index contributed by atoms with van der Waals surface area (Å²) in [5.74, 6) is -0.110. The number of hydrogen-bond acceptors (Lipinski definition) is 3. The van der Waals surface area contributed by atoms with E-state index in [9.17, 15) is 9.90 Å². The molecule has 100 valence electrons. The van der Waals surface area contributed by atoms with Crippen molar-refractivity contribution in [2.24, 2.45) is 0 Å². The molecule has 0 saturated carbocycles. The number of methoxy groups -OCH3 is 1. The number of aliphatic hydroxyl groups is 1. The van der Waals surface area contributed by atoms with Crippen molar-refractivity contribution in [2.75, 3.05) is 27.3 Å². The topological polar surface area (TPSA) is 49.8 Å². The van der Waals surface area contributed by atoms with E-state index < -0.39 is 6.10 Å². The molecule has 0 aliphatic carbocycles. The highest BCUT2D eigenvalue weighted by Crippen LogP contribution is 2.17. The van der Waals surface area contributed by atoms with Crippen LogP contribution in [-0.2, 0) is 4.74 Å². The highest BCUT2D eigenvalue weighted by Gasteiger charge is 2.15. The largest absolute Gasteiger partial charge is 0.389 e. The molecule has 1 amide bonds. The fourth-order valence-corrected chi connectivity index (χ4v) is 1.89. The number of carbonyl (C=O) groups excluding carboxylic acids is 1. The van der Waals surface area contributed by atoms with E-state index >= 15 is 0 Å². The molecule has 0 aromatic heterocycles. The molecule has 0 heterocycles. The zero-order valence-electron chi connectivity index (χ0n) is 10.8. The number of nitrogens with zero attached hydrogens (tertiary/aromatic N) is 1. The number of benzene rings is 1. The van der Waals surface area contributed by atoms with E-state index in [1.54, 1.807) is 13.1 Å². The molecule has 0 saturated heterocycles. The van der Waals surface area contributed by atoms with Gasteiger partial charge in [-0.15, -0.1) is 0 Å². The van der Waals surface area contributed by atoms with E-state index in [4.69, 9.17) is 4.74 Å². The van der Waals surface area contributed by atoms with Crippen LogP contribution in [0.4, 0.5) is 0 Å². The number of amides is 1. The third kappa shape index (κ3) is 4.08. The van der Waals surface area contributed by atoms with Crippen molar-refractivity contribution < 1.29 is 14.6 Å². The van der Waals surface area contributed by atoms with Crippen molar-refractivity contribution in [3.8, 4) is 0 Å². The first kappa shape index (κ1) is 15.1. The first-order chi connectivity index (χ1) is 8.45. The van der Waals surface area contributed by atoms with Crippen molar-refractivity contribution >= 4 is 21.8 Å². The standard InChI is InChI=1S/C13H18BrNO3/c1-9-6-10(4-5-12(9)14)13(17)15(2)7-11(16)8-18-3/h4-6,11,16H,7-8H2,1-3H3. The summed E-state index contributed by atoms with van der Waals surface area (Å²) in [6.45, 7) is 2.40. The van der Waals surface area contributed by atoms with Crippen LogP contribution in [0.3, 0.4) is 0 Å². The lowest BCUT2D eigenvalue weighted by atomic mass is 10.1. The van der Waals surface area contributed by atoms with Crippen molar-refractivity contribution in [2.45, 2.75) is 13.0 Å². The number of hydrogen-bond donors (Lipinski definition) is 1. The molecule has 4 nitrogen and oxygen atoms in total. The average molecular weight is 316 g/mol. The van der Waals surface area contributed by atoms with E-state index in [2.05, 4.69) is 15.9 Å². The normalized spacial score (nSPS) is 12.3. The Bertz CT molecular complexity index is 423. The van der Waals surface area contributed by atoms with E-state index in [-0.39, 0.29) is 19.1 Å². The molecule has 18 heavy (non-hydrogen) atoms. The Morgan fingerprint density at radius 2 is 2.22 bits per heavy atom. The lowest BCUT2D eigenvalue weighted by Crippen LogP contribution is -2.36. The van der Waals surface area contributed by atoms with E-state index in [1.807, 2.05) is 19.1 Å². The van der Waals surface area contributed by atoms with Gasteiger partial charge in [-0.2, -0.15) is 0 Å². The van der Waals surface area contributed by atoms with Crippen molar-refractivity contribution in [3.63, 3.8) is 0 Å². The van der Waals surface area contributed by atoms with Crippen LogP contribution in [-0.4, -0.2) is 49.3 Å². The maximum absolute atomic E-state index is 12.1. The first-order valence-electron chi connectivity index (χ1n) is 5.64. The van der Waals surface area contributed by atoms with Gasteiger partial charge in [-0.25, -0.2) is 0 Å². The molecule has 1 aromatic carbocycles. The van der Waals surface area contributed by atoms with Gasteiger partial charge < -0.3 is 14.7 Å². The van der Waals surface area contributed by atoms with Crippen molar-refractivity contribution in [3.05, 3.63) is 33.8 Å². The van der Waals surface area contributed by atoms with Gasteiger partial charge in [0.05, 0.1) is 12.7 Å². The molecule has 0 fully saturated rings. The third-order valence-electron chi connectivity index (χ3n) is 2.60. The Morgan fingerprint density at radius 3 is 2.78 bits per heavy atom. The molecule has 1 unspecified atom stereocenters. The second-order valence-electron chi connectivity index (χ2n) is 4.26. The van der Waals surface area contributed by atoms with Crippen LogP contribution in [0, 0.1) is 6.92 Å². The Labute approximate surface area is 116 Å². The minimum Gasteiger partial charge on any atom is -0.389 e. The molecule has 1 aromatic rings. The SMILES string of the molecule is COCC(O)CN(C)C(=O)c1ccc(Br)c(C)c1. The van der Waals surface area contributed by atoms with Gasteiger partial charge in [0.1, 0.15) is 0 Å². The summed E-state index contributed by atoms with van der Waals surface area (Å²) in [4.78, 5) is 13.6. The molecule has 0 aliphatic heterocycles. The Morgan fingerprint density at radius 1 is 1.56 bits per heavy atom. The minimum absolute atomic E-state index is 0.110. The molecule has 5 heteroatoms. The van der Waals surface area contributed by atoms with Gasteiger partial charge in [-0.05, 0) is 30.7 Å². The summed E-state index contributed by atoms with van der Waals surface area (Å²) in [6, 6.07) is 5.44. The summed E-state index contributed by atoms with van der Waals surface area (Å²) in [5, 5.41) is 9.59. The van der Waals surface area contributed by atoms with Crippen LogP contribution in [0.15, 0.2) is 22.7 Å². The van der Waals surface area contributed by atoms with Gasteiger partial charge in [0.25, 0.3) is 5.91 Å². The zero-order chi connectivity index (χ0) is 13.7. The number of likely N-dealkylation sites (N-methyl/N-ethyl adjacent to an activating group) is 1. The van der Waals surface area contributed by atoms with Crippen LogP contribution in [0.25, 0.3) is 0 Å². The second-order valence-corrected chi connectivity index (χ2v) is 5.11. The maximum atomic E-state index is 12.1. The zero-order valence-corrected chi connectivity index (χ0v) is 12.4. The van der Waals surface area contributed by atoms with Crippen molar-refractivity contribution in [1.82, 2.24) is 4.90 Å². The third-order valence-corrected chi connectivity index (χ3v) is 3.49. The monoisotopic (exact) mass is 315 g/mol. The first-order valence-corrected chi connectivity index (χ1v) is 6.43. The van der Waals surface area contributed by atoms with Gasteiger partial charge in [0, 0.05) is 30.7 Å². The molecular weight excluding hydrogens is 298 g/mol. The van der Waals surface area contributed by atoms with Gasteiger partial charge in [0.15, 0.2) is 0 Å². The van der Waals surface area contributed by atoms with Gasteiger partial charge >= 0.3 is 0 Å². The number of rotatable bonds is 5. The lowest BCUT2D eigenvalue weighted by molar-refractivity contribution is 0.0380. The number of halogens is 1. The van der Waals surface area contributed by atoms with Crippen LogP contribution < -0.4 is 0 Å². The molecule has 0 aliphatic rings. The molecular formula is C13H18BrNO3. The molecule has 1 rings (SSSR count). The van der Waals surface area contributed by atoms with Gasteiger partial charge in [0.2, 0.25) is 0 Å². The summed E-state index contributed by atoms with van der Waals surface area (Å²) in [7, 11) is 3.18. The lowest BCUT2D eigenvalue weighted by Gasteiger charge is -2.20. The molecule has 1 atom stereocenters. The number of ether oxygens (including phenoxy) is 1. The average Bonchev–Trinajstić information content (AvgIpc) is 2.32. The highest BCUT2D eigenvalue weighted by atomic mass is 79.9. The summed E-state index contributed by atoms with van der Waals surface area (Å²) in [6.07, 6.45) is -0.666. The summed E-state index contributed by atoms with van der Waals surface area (Å²) in [5.41, 5.74) is 1.62. The quantitative estimate of drug-likeness (QED) is 0.902. The second kappa shape index (κ2) is 6.87. The van der Waals surface area contributed by atoms with Crippen molar-refractivity contribution in [1.29, 1.82) is 0 Å². The van der Waals surface area contributed by atoms with Crippen LogP contribution in [0.2, 0.25) is 0 Å². The highest BCUT2D eigenvalue weighted by molar-refractivity contribution is 9.10. The van der Waals surface area contributed by atoms with E-state index in [1.165, 1.54) is 12.0 Å². The number of aliphatic hydroxyl groups excluding tert-OH is 1. The maximum Gasteiger partial charge on any atom is 0.253 e. The smallest absolute Gasteiger partial charge is 0.253 e. The van der Waals surface area contributed by atoms with Crippen LogP contribution in [0.5, 0.6) is 0 Å². The predicted molar refractivity (Wildman–Crippen MR) is 73.7 cm³/mol. The fraction of sp³-hybridized carbons (Fsp3) is 0.462. The summed E-state index contributed by atoms with van der Waals surface area (Å²) < 4.78 is 5.80. The Hall–Kier alpha value is -0.910. The van der Waals surface area contributed by atoms with Crippen LogP contribution in [0.1, 0.15) is 15.9 Å². The molecule has 1 N–H and O–H groups in total. The van der Waals surface area contributed by atoms with E-state index in [0.717, 1.165) is 10.0 Å². The van der Waals surface area contributed by atoms with Crippen LogP contribution >= 0.6 is 15.9 Å². The van der Waals surface area contributed by atoms with E-state index in [0.29, 0.717) is 5.56 Å². The van der Waals surface area contributed by atoms with Gasteiger partial charge in [-0.3, -0.25) is 4.79 Å². The minimum atomic E-state index is -0.666. The van der Waals surface area contributed by atoms with Gasteiger partial charge in [-0.1, -0.05) is 15.9 Å². The number of carbonyl (C=O) groups is 1.